The first-order valence-corrected chi connectivity index (χ1v) is 15.9. The lowest BCUT2D eigenvalue weighted by Crippen LogP contribution is -2.10. The number of benzene rings is 7. The highest BCUT2D eigenvalue weighted by molar-refractivity contribution is 7.21. The predicted octanol–water partition coefficient (Wildman–Crippen LogP) is 12.2. The van der Waals surface area contributed by atoms with Gasteiger partial charge in [-0.3, -0.25) is 0 Å². The summed E-state index contributed by atoms with van der Waals surface area (Å²) in [5, 5.41) is 5.69. The van der Waals surface area contributed by atoms with Crippen LogP contribution in [0.5, 0.6) is 0 Å². The normalized spacial score (nSPS) is 11.6. The van der Waals surface area contributed by atoms with Crippen LogP contribution in [0.2, 0.25) is 0 Å². The molecule has 0 saturated heterocycles. The molecule has 0 spiro atoms. The van der Waals surface area contributed by atoms with E-state index in [1.54, 1.807) is 11.3 Å². The second-order valence-corrected chi connectivity index (χ2v) is 12.2. The minimum Gasteiger partial charge on any atom is -0.456 e. The van der Waals surface area contributed by atoms with Crippen LogP contribution < -0.4 is 4.90 Å². The molecule has 0 N–H and O–H groups in total. The SMILES string of the molecule is c1ccc(-c2ccc(N(c3ccc4c(c3)oc3ccc5ccccc5c34)c3cccc4sc(-c5ccccc5)nc34)cc2)cc1. The third kappa shape index (κ3) is 4.38. The fourth-order valence-corrected chi connectivity index (χ4v) is 7.35. The van der Waals surface area contributed by atoms with Crippen LogP contribution in [-0.2, 0) is 0 Å². The number of para-hydroxylation sites is 1. The van der Waals surface area contributed by atoms with E-state index in [4.69, 9.17) is 9.40 Å². The highest BCUT2D eigenvalue weighted by Crippen LogP contribution is 2.44. The lowest BCUT2D eigenvalue weighted by atomic mass is 10.0. The van der Waals surface area contributed by atoms with Crippen molar-refractivity contribution in [1.29, 1.82) is 0 Å². The van der Waals surface area contributed by atoms with E-state index >= 15 is 0 Å². The summed E-state index contributed by atoms with van der Waals surface area (Å²) in [7, 11) is 0. The number of hydrogen-bond donors (Lipinski definition) is 0. The van der Waals surface area contributed by atoms with Gasteiger partial charge in [0.25, 0.3) is 0 Å². The first kappa shape index (κ1) is 25.8. The topological polar surface area (TPSA) is 29.3 Å². The maximum atomic E-state index is 6.51. The second-order valence-electron chi connectivity index (χ2n) is 11.2. The number of fused-ring (bicyclic) bond motifs is 6. The molecule has 0 fully saturated rings. The third-order valence-corrected chi connectivity index (χ3v) is 9.57. The summed E-state index contributed by atoms with van der Waals surface area (Å²) in [6.45, 7) is 0. The van der Waals surface area contributed by atoms with Crippen molar-refractivity contribution < 1.29 is 4.42 Å². The van der Waals surface area contributed by atoms with Crippen LogP contribution in [0.15, 0.2) is 162 Å². The lowest BCUT2D eigenvalue weighted by Gasteiger charge is -2.26. The Morgan fingerprint density at radius 2 is 1.22 bits per heavy atom. The Morgan fingerprint density at radius 1 is 0.511 bits per heavy atom. The van der Waals surface area contributed by atoms with Crippen LogP contribution in [0.1, 0.15) is 0 Å². The Balaban J connectivity index is 1.25. The molecule has 2 aromatic heterocycles. The number of rotatable bonds is 5. The first-order chi connectivity index (χ1) is 22.3. The van der Waals surface area contributed by atoms with Gasteiger partial charge < -0.3 is 9.32 Å². The van der Waals surface area contributed by atoms with Crippen molar-refractivity contribution in [2.24, 2.45) is 0 Å². The quantitative estimate of drug-likeness (QED) is 0.198. The van der Waals surface area contributed by atoms with E-state index in [0.717, 1.165) is 59.8 Å². The molecule has 0 radical (unpaired) electrons. The molecule has 0 aliphatic carbocycles. The van der Waals surface area contributed by atoms with E-state index in [0.29, 0.717) is 0 Å². The molecule has 0 aliphatic heterocycles. The Kier molecular flexibility index (Phi) is 6.00. The molecule has 0 atom stereocenters. The molecule has 212 valence electrons. The van der Waals surface area contributed by atoms with Gasteiger partial charge >= 0.3 is 0 Å². The molecule has 0 bridgehead atoms. The molecule has 0 unspecified atom stereocenters. The smallest absolute Gasteiger partial charge is 0.137 e. The molecule has 7 aromatic carbocycles. The van der Waals surface area contributed by atoms with E-state index in [1.165, 1.54) is 21.9 Å². The van der Waals surface area contributed by atoms with Gasteiger partial charge in [-0.15, -0.1) is 11.3 Å². The minimum atomic E-state index is 0.861. The van der Waals surface area contributed by atoms with Crippen molar-refractivity contribution in [3.63, 3.8) is 0 Å². The number of furan rings is 1. The average Bonchev–Trinajstić information content (AvgIpc) is 3.72. The number of aromatic nitrogens is 1. The fourth-order valence-electron chi connectivity index (χ4n) is 6.35. The van der Waals surface area contributed by atoms with Crippen molar-refractivity contribution in [2.45, 2.75) is 0 Å². The van der Waals surface area contributed by atoms with E-state index in [9.17, 15) is 0 Å². The number of hydrogen-bond acceptors (Lipinski definition) is 4. The maximum Gasteiger partial charge on any atom is 0.137 e. The summed E-state index contributed by atoms with van der Waals surface area (Å²) in [5.74, 6) is 0. The van der Waals surface area contributed by atoms with E-state index < -0.39 is 0 Å². The molecule has 4 heteroatoms. The fraction of sp³-hybridized carbons (Fsp3) is 0. The number of thiazole rings is 1. The predicted molar refractivity (Wildman–Crippen MR) is 190 cm³/mol. The van der Waals surface area contributed by atoms with Gasteiger partial charge in [0.2, 0.25) is 0 Å². The van der Waals surface area contributed by atoms with Crippen LogP contribution in [0.4, 0.5) is 17.1 Å². The Bertz CT molecular complexity index is 2480. The second kappa shape index (κ2) is 10.5. The van der Waals surface area contributed by atoms with Gasteiger partial charge in [0.15, 0.2) is 0 Å². The van der Waals surface area contributed by atoms with Crippen LogP contribution in [0.3, 0.4) is 0 Å². The maximum absolute atomic E-state index is 6.51. The van der Waals surface area contributed by atoms with E-state index in [-0.39, 0.29) is 0 Å². The molecular formula is C41H26N2OS. The molecule has 9 rings (SSSR count). The summed E-state index contributed by atoms with van der Waals surface area (Å²) in [5.41, 5.74) is 9.33. The van der Waals surface area contributed by atoms with Gasteiger partial charge in [-0.1, -0.05) is 109 Å². The zero-order valence-corrected chi connectivity index (χ0v) is 25.0. The van der Waals surface area contributed by atoms with E-state index in [1.807, 2.05) is 6.07 Å². The van der Waals surface area contributed by atoms with Gasteiger partial charge in [0.05, 0.1) is 10.4 Å². The Hall–Kier alpha value is -5.71. The lowest BCUT2D eigenvalue weighted by molar-refractivity contribution is 0.669. The van der Waals surface area contributed by atoms with Crippen molar-refractivity contribution in [1.82, 2.24) is 4.98 Å². The summed E-state index contributed by atoms with van der Waals surface area (Å²) < 4.78 is 7.66. The van der Waals surface area contributed by atoms with Crippen molar-refractivity contribution >= 4 is 71.3 Å². The summed E-state index contributed by atoms with van der Waals surface area (Å²) in [6, 6.07) is 55.4. The van der Waals surface area contributed by atoms with Gasteiger partial charge in [-0.2, -0.15) is 0 Å². The monoisotopic (exact) mass is 594 g/mol. The largest absolute Gasteiger partial charge is 0.456 e. The van der Waals surface area contributed by atoms with E-state index in [2.05, 4.69) is 157 Å². The molecule has 0 amide bonds. The molecule has 0 saturated carbocycles. The third-order valence-electron chi connectivity index (χ3n) is 8.50. The van der Waals surface area contributed by atoms with Gasteiger partial charge in [0, 0.05) is 33.8 Å². The average molecular weight is 595 g/mol. The molecule has 2 heterocycles. The summed E-state index contributed by atoms with van der Waals surface area (Å²) in [4.78, 5) is 7.51. The van der Waals surface area contributed by atoms with Crippen LogP contribution in [-0.4, -0.2) is 4.98 Å². The highest BCUT2D eigenvalue weighted by Gasteiger charge is 2.20. The van der Waals surface area contributed by atoms with Crippen LogP contribution >= 0.6 is 11.3 Å². The van der Waals surface area contributed by atoms with Gasteiger partial charge in [-0.25, -0.2) is 4.98 Å². The Morgan fingerprint density at radius 3 is 2.04 bits per heavy atom. The van der Waals surface area contributed by atoms with Gasteiger partial charge in [-0.05, 0) is 64.4 Å². The summed E-state index contributed by atoms with van der Waals surface area (Å²) >= 11 is 1.72. The first-order valence-electron chi connectivity index (χ1n) is 15.0. The standard InChI is InChI=1S/C41H26N2OS/c1-3-10-27(11-4-1)28-18-21-31(22-19-28)43(35-16-9-17-38-40(35)42-41(45-38)30-13-5-2-6-14-30)32-23-24-34-37(26-32)44-36-25-20-29-12-7-8-15-33(29)39(34)36/h1-26H. The zero-order valence-electron chi connectivity index (χ0n) is 24.2. The molecule has 0 aliphatic rings. The number of anilines is 3. The molecular weight excluding hydrogens is 569 g/mol. The van der Waals surface area contributed by atoms with Crippen LogP contribution in [0.25, 0.3) is 64.6 Å². The molecule has 45 heavy (non-hydrogen) atoms. The summed E-state index contributed by atoms with van der Waals surface area (Å²) in [6.07, 6.45) is 0. The minimum absolute atomic E-state index is 0.861. The molecule has 9 aromatic rings. The van der Waals surface area contributed by atoms with Crippen molar-refractivity contribution in [2.75, 3.05) is 4.90 Å². The van der Waals surface area contributed by atoms with Gasteiger partial charge in [0.1, 0.15) is 21.7 Å². The Labute approximate surface area is 264 Å². The number of nitrogens with zero attached hydrogens (tertiary/aromatic N) is 2. The van der Waals surface area contributed by atoms with Crippen molar-refractivity contribution in [3.05, 3.63) is 158 Å². The van der Waals surface area contributed by atoms with Crippen molar-refractivity contribution in [3.8, 4) is 21.7 Å². The zero-order chi connectivity index (χ0) is 29.7. The molecule has 3 nitrogen and oxygen atoms in total. The van der Waals surface area contributed by atoms with Crippen LogP contribution in [0, 0.1) is 0 Å². The highest BCUT2D eigenvalue weighted by atomic mass is 32.1.